The number of carbonyl (C=O) groups excluding carboxylic acids is 2. The maximum atomic E-state index is 13.5. The predicted octanol–water partition coefficient (Wildman–Crippen LogP) is 6.05. The quantitative estimate of drug-likeness (QED) is 0.264. The molecule has 0 fully saturated rings. The molecule has 0 atom stereocenters. The Morgan fingerprint density at radius 2 is 1.75 bits per heavy atom. The van der Waals surface area contributed by atoms with Gasteiger partial charge in [0.25, 0.3) is 0 Å². The number of amides is 1. The van der Waals surface area contributed by atoms with Crippen LogP contribution >= 0.6 is 11.3 Å². The maximum absolute atomic E-state index is 13.5. The van der Waals surface area contributed by atoms with E-state index < -0.39 is 21.7 Å². The Kier molecular flexibility index (Phi) is 10.6. The number of ketones is 1. The molecule has 3 rings (SSSR count). The molecule has 2 N–H and O–H groups in total. The SMILES string of the molecule is COCCC(=O)CCc1ccc(-c2cnc(-c3ccc(NC(=O)OC(C)C)cc3)s2)c(S(=O)(=O)NC(C)(C)C)c1. The number of methoxy groups -OCH3 is 1. The van der Waals surface area contributed by atoms with Crippen LogP contribution in [0.25, 0.3) is 21.0 Å². The summed E-state index contributed by atoms with van der Waals surface area (Å²) in [7, 11) is -2.33. The highest BCUT2D eigenvalue weighted by Gasteiger charge is 2.26. The number of sulfonamides is 1. The smallest absolute Gasteiger partial charge is 0.411 e. The van der Waals surface area contributed by atoms with Crippen LogP contribution in [-0.4, -0.2) is 50.6 Å². The number of rotatable bonds is 12. The molecule has 40 heavy (non-hydrogen) atoms. The summed E-state index contributed by atoms with van der Waals surface area (Å²) in [6.07, 6.45) is 1.97. The fraction of sp³-hybridized carbons (Fsp3) is 0.414. The summed E-state index contributed by atoms with van der Waals surface area (Å²) in [5, 5.41) is 3.38. The first-order valence-electron chi connectivity index (χ1n) is 13.0. The number of aromatic nitrogens is 1. The molecule has 0 spiro atoms. The Bertz CT molecular complexity index is 1420. The molecule has 3 aromatic rings. The number of thiazole rings is 1. The largest absolute Gasteiger partial charge is 0.447 e. The van der Waals surface area contributed by atoms with Gasteiger partial charge in [0, 0.05) is 48.5 Å². The van der Waals surface area contributed by atoms with Crippen molar-refractivity contribution in [2.45, 2.75) is 70.4 Å². The monoisotopic (exact) mass is 587 g/mol. The lowest BCUT2D eigenvalue weighted by atomic mass is 10.0. The summed E-state index contributed by atoms with van der Waals surface area (Å²) in [6, 6.07) is 12.4. The molecule has 0 saturated carbocycles. The number of anilines is 1. The molecule has 0 aliphatic heterocycles. The Labute approximate surface area is 240 Å². The highest BCUT2D eigenvalue weighted by Crippen LogP contribution is 2.36. The van der Waals surface area contributed by atoms with Crippen LogP contribution < -0.4 is 10.0 Å². The molecule has 1 amide bonds. The highest BCUT2D eigenvalue weighted by molar-refractivity contribution is 7.89. The van der Waals surface area contributed by atoms with E-state index in [-0.39, 0.29) is 16.8 Å². The second kappa shape index (κ2) is 13.5. The molecule has 1 heterocycles. The Balaban J connectivity index is 1.89. The van der Waals surface area contributed by atoms with Crippen LogP contribution in [-0.2, 0) is 30.7 Å². The van der Waals surface area contributed by atoms with E-state index >= 15 is 0 Å². The van der Waals surface area contributed by atoms with Gasteiger partial charge in [0.2, 0.25) is 10.0 Å². The van der Waals surface area contributed by atoms with E-state index in [1.807, 2.05) is 18.2 Å². The summed E-state index contributed by atoms with van der Waals surface area (Å²) >= 11 is 1.37. The van der Waals surface area contributed by atoms with Crippen molar-refractivity contribution in [1.82, 2.24) is 9.71 Å². The van der Waals surface area contributed by atoms with E-state index in [9.17, 15) is 18.0 Å². The molecule has 0 saturated heterocycles. The van der Waals surface area contributed by atoms with Crippen molar-refractivity contribution in [3.8, 4) is 21.0 Å². The van der Waals surface area contributed by atoms with Gasteiger partial charge in [-0.3, -0.25) is 10.1 Å². The van der Waals surface area contributed by atoms with Gasteiger partial charge in [0.1, 0.15) is 10.8 Å². The van der Waals surface area contributed by atoms with Gasteiger partial charge in [0.05, 0.1) is 22.5 Å². The average molecular weight is 588 g/mol. The van der Waals surface area contributed by atoms with Gasteiger partial charge in [-0.1, -0.05) is 12.1 Å². The molecule has 1 aromatic heterocycles. The van der Waals surface area contributed by atoms with Gasteiger partial charge in [0.15, 0.2) is 0 Å². The second-order valence-electron chi connectivity index (χ2n) is 10.7. The number of aryl methyl sites for hydroxylation is 1. The number of ether oxygens (including phenoxy) is 2. The highest BCUT2D eigenvalue weighted by atomic mass is 32.2. The van der Waals surface area contributed by atoms with E-state index in [1.165, 1.54) is 11.3 Å². The number of benzene rings is 2. The zero-order chi connectivity index (χ0) is 29.5. The Hall–Kier alpha value is -3.12. The minimum absolute atomic E-state index is 0.0632. The maximum Gasteiger partial charge on any atom is 0.411 e. The van der Waals surface area contributed by atoms with Crippen LogP contribution in [0.2, 0.25) is 0 Å². The topological polar surface area (TPSA) is 124 Å². The number of Topliss-reactive ketones (excluding diaryl/α,β-unsaturated/α-hetero) is 1. The molecule has 2 aromatic carbocycles. The van der Waals surface area contributed by atoms with Crippen molar-refractivity contribution in [3.63, 3.8) is 0 Å². The van der Waals surface area contributed by atoms with Crippen molar-refractivity contribution in [2.75, 3.05) is 19.0 Å². The first-order chi connectivity index (χ1) is 18.8. The fourth-order valence-electron chi connectivity index (χ4n) is 3.82. The van der Waals surface area contributed by atoms with Crippen LogP contribution in [0, 0.1) is 0 Å². The lowest BCUT2D eigenvalue weighted by Crippen LogP contribution is -2.40. The van der Waals surface area contributed by atoms with Crippen LogP contribution in [0.5, 0.6) is 0 Å². The summed E-state index contributed by atoms with van der Waals surface area (Å²) in [6.45, 7) is 9.27. The average Bonchev–Trinajstić information content (AvgIpc) is 3.35. The van der Waals surface area contributed by atoms with Crippen molar-refractivity contribution < 1.29 is 27.5 Å². The molecular weight excluding hydrogens is 550 g/mol. The Morgan fingerprint density at radius 1 is 1.05 bits per heavy atom. The molecule has 11 heteroatoms. The minimum atomic E-state index is -3.88. The first-order valence-corrected chi connectivity index (χ1v) is 15.3. The molecule has 0 aliphatic carbocycles. The third-order valence-electron chi connectivity index (χ3n) is 5.55. The minimum Gasteiger partial charge on any atom is -0.447 e. The number of hydrogen-bond donors (Lipinski definition) is 2. The van der Waals surface area contributed by atoms with Crippen molar-refractivity contribution in [2.24, 2.45) is 0 Å². The molecule has 9 nitrogen and oxygen atoms in total. The van der Waals surface area contributed by atoms with E-state index in [1.54, 1.807) is 72.2 Å². The van der Waals surface area contributed by atoms with Crippen molar-refractivity contribution in [1.29, 1.82) is 0 Å². The van der Waals surface area contributed by atoms with Gasteiger partial charge in [-0.2, -0.15) is 0 Å². The molecule has 0 aliphatic rings. The number of nitrogens with one attached hydrogen (secondary N) is 2. The van der Waals surface area contributed by atoms with Crippen molar-refractivity contribution >= 4 is 38.9 Å². The standard InChI is InChI=1S/C29H37N3O6S2/c1-19(2)38-28(34)31-22-11-9-21(10-12-22)27-30-18-25(39-27)24-14-8-20(7-13-23(33)15-16-37-6)17-26(24)40(35,36)32-29(3,4)5/h8-12,14,17-19,32H,7,13,15-16H2,1-6H3,(H,31,34). The summed E-state index contributed by atoms with van der Waals surface area (Å²) < 4.78 is 39.8. The van der Waals surface area contributed by atoms with Crippen LogP contribution in [0.1, 0.15) is 53.0 Å². The normalized spacial score (nSPS) is 12.0. The predicted molar refractivity (Wildman–Crippen MR) is 158 cm³/mol. The summed E-state index contributed by atoms with van der Waals surface area (Å²) in [4.78, 5) is 29.4. The van der Waals surface area contributed by atoms with Gasteiger partial charge in [-0.25, -0.2) is 22.9 Å². The Morgan fingerprint density at radius 3 is 2.38 bits per heavy atom. The van der Waals surface area contributed by atoms with E-state index in [2.05, 4.69) is 15.0 Å². The van der Waals surface area contributed by atoms with Crippen molar-refractivity contribution in [3.05, 3.63) is 54.2 Å². The number of nitrogens with zero attached hydrogens (tertiary/aromatic N) is 1. The zero-order valence-electron chi connectivity index (χ0n) is 23.7. The lowest BCUT2D eigenvalue weighted by Gasteiger charge is -2.22. The van der Waals surface area contributed by atoms with Gasteiger partial charge in [-0.15, -0.1) is 11.3 Å². The third-order valence-corrected chi connectivity index (χ3v) is 8.42. The molecule has 216 valence electrons. The van der Waals surface area contributed by atoms with E-state index in [0.29, 0.717) is 47.0 Å². The second-order valence-corrected chi connectivity index (χ2v) is 13.3. The summed E-state index contributed by atoms with van der Waals surface area (Å²) in [5.41, 5.74) is 2.02. The van der Waals surface area contributed by atoms with Gasteiger partial charge in [-0.05, 0) is 76.9 Å². The zero-order valence-corrected chi connectivity index (χ0v) is 25.4. The fourth-order valence-corrected chi connectivity index (χ4v) is 6.54. The van der Waals surface area contributed by atoms with Gasteiger partial charge >= 0.3 is 6.09 Å². The molecule has 0 radical (unpaired) electrons. The van der Waals surface area contributed by atoms with Gasteiger partial charge < -0.3 is 9.47 Å². The lowest BCUT2D eigenvalue weighted by molar-refractivity contribution is -0.119. The number of hydrogen-bond acceptors (Lipinski definition) is 8. The van der Waals surface area contributed by atoms with Crippen LogP contribution in [0.15, 0.2) is 53.6 Å². The van der Waals surface area contributed by atoms with Crippen LogP contribution in [0.4, 0.5) is 10.5 Å². The third kappa shape index (κ3) is 9.22. The van der Waals surface area contributed by atoms with Crippen LogP contribution in [0.3, 0.4) is 0 Å². The van der Waals surface area contributed by atoms with E-state index in [0.717, 1.165) is 11.1 Å². The number of carbonyl (C=O) groups is 2. The first kappa shape index (κ1) is 31.4. The molecular formula is C29H37N3O6S2. The van der Waals surface area contributed by atoms with E-state index in [4.69, 9.17) is 9.47 Å². The molecule has 0 unspecified atom stereocenters. The summed E-state index contributed by atoms with van der Waals surface area (Å²) in [5.74, 6) is 0.0632. The molecule has 0 bridgehead atoms.